The van der Waals surface area contributed by atoms with Crippen molar-refractivity contribution in [2.75, 3.05) is 38.2 Å². The second kappa shape index (κ2) is 9.66. The van der Waals surface area contributed by atoms with Crippen molar-refractivity contribution in [1.29, 1.82) is 0 Å². The monoisotopic (exact) mass is 420 g/mol. The molecule has 1 saturated heterocycles. The molecule has 1 aliphatic heterocycles. The smallest absolute Gasteiger partial charge is 0.273 e. The Balaban J connectivity index is 1.28. The molecule has 31 heavy (non-hydrogen) atoms. The van der Waals surface area contributed by atoms with E-state index in [1.54, 1.807) is 7.11 Å². The third-order valence-electron chi connectivity index (χ3n) is 5.48. The van der Waals surface area contributed by atoms with Crippen LogP contribution in [0.2, 0.25) is 0 Å². The molecule has 7 nitrogen and oxygen atoms in total. The average Bonchev–Trinajstić information content (AvgIpc) is 3.26. The van der Waals surface area contributed by atoms with E-state index in [2.05, 4.69) is 32.2 Å². The van der Waals surface area contributed by atoms with Crippen LogP contribution in [0.3, 0.4) is 0 Å². The minimum atomic E-state index is -0.225. The van der Waals surface area contributed by atoms with E-state index >= 15 is 0 Å². The Morgan fingerprint density at radius 2 is 1.94 bits per heavy atom. The predicted octanol–water partition coefficient (Wildman–Crippen LogP) is 3.24. The van der Waals surface area contributed by atoms with Crippen LogP contribution in [0.15, 0.2) is 59.2 Å². The molecule has 1 N–H and O–H groups in total. The Morgan fingerprint density at radius 3 is 2.71 bits per heavy atom. The van der Waals surface area contributed by atoms with Crippen molar-refractivity contribution in [1.82, 2.24) is 15.2 Å². The van der Waals surface area contributed by atoms with Gasteiger partial charge in [-0.05, 0) is 24.6 Å². The summed E-state index contributed by atoms with van der Waals surface area (Å²) in [6.45, 7) is 6.64. The van der Waals surface area contributed by atoms with E-state index in [1.165, 1.54) is 11.8 Å². The van der Waals surface area contributed by atoms with Gasteiger partial charge in [0.2, 0.25) is 5.89 Å². The van der Waals surface area contributed by atoms with Gasteiger partial charge in [0.25, 0.3) is 5.91 Å². The molecule has 1 fully saturated rings. The Bertz CT molecular complexity index is 1020. The number of para-hydroxylation sites is 2. The van der Waals surface area contributed by atoms with Crippen molar-refractivity contribution in [2.45, 2.75) is 20.0 Å². The summed E-state index contributed by atoms with van der Waals surface area (Å²) in [5.74, 6) is 1.23. The number of nitrogens with zero attached hydrogens (tertiary/aromatic N) is 3. The van der Waals surface area contributed by atoms with Crippen LogP contribution in [0.5, 0.6) is 5.75 Å². The first-order valence-electron chi connectivity index (χ1n) is 10.5. The van der Waals surface area contributed by atoms with Gasteiger partial charge in [0.1, 0.15) is 12.0 Å². The number of carbonyl (C=O) groups is 1. The van der Waals surface area contributed by atoms with Crippen molar-refractivity contribution < 1.29 is 13.9 Å². The van der Waals surface area contributed by atoms with Gasteiger partial charge in [0.05, 0.1) is 19.3 Å². The van der Waals surface area contributed by atoms with Gasteiger partial charge in [-0.3, -0.25) is 9.69 Å². The van der Waals surface area contributed by atoms with Gasteiger partial charge in [0.15, 0.2) is 5.69 Å². The normalized spacial score (nSPS) is 14.5. The average molecular weight is 421 g/mol. The molecule has 0 spiro atoms. The van der Waals surface area contributed by atoms with E-state index in [4.69, 9.17) is 9.15 Å². The van der Waals surface area contributed by atoms with E-state index in [0.717, 1.165) is 43.2 Å². The quantitative estimate of drug-likeness (QED) is 0.633. The first-order chi connectivity index (χ1) is 15.1. The zero-order chi connectivity index (χ0) is 21.6. The number of oxazole rings is 1. The summed E-state index contributed by atoms with van der Waals surface area (Å²) in [4.78, 5) is 21.4. The summed E-state index contributed by atoms with van der Waals surface area (Å²) in [6, 6.07) is 16.2. The Labute approximate surface area is 182 Å². The zero-order valence-corrected chi connectivity index (χ0v) is 18.0. The van der Waals surface area contributed by atoms with E-state index in [1.807, 2.05) is 43.3 Å². The maximum Gasteiger partial charge on any atom is 0.273 e. The standard InChI is InChI=1S/C24H28N4O3/c1-18-6-5-7-19(14-18)15-25-24(29)20-17-31-23(26-20)16-27-10-12-28(13-11-27)21-8-3-4-9-22(21)30-2/h3-9,14,17H,10-13,15-16H2,1-2H3,(H,25,29). The lowest BCUT2D eigenvalue weighted by atomic mass is 10.1. The molecule has 0 atom stereocenters. The molecule has 2 aromatic carbocycles. The number of ether oxygens (including phenoxy) is 1. The Kier molecular flexibility index (Phi) is 6.52. The highest BCUT2D eigenvalue weighted by Gasteiger charge is 2.21. The molecule has 0 unspecified atom stereocenters. The molecule has 2 heterocycles. The number of aromatic nitrogens is 1. The molecule has 1 amide bonds. The molecule has 3 aromatic rings. The van der Waals surface area contributed by atoms with Gasteiger partial charge >= 0.3 is 0 Å². The number of aryl methyl sites for hydroxylation is 1. The van der Waals surface area contributed by atoms with Gasteiger partial charge in [-0.1, -0.05) is 42.0 Å². The first kappa shape index (κ1) is 20.9. The lowest BCUT2D eigenvalue weighted by molar-refractivity contribution is 0.0945. The van der Waals surface area contributed by atoms with E-state index in [9.17, 15) is 4.79 Å². The van der Waals surface area contributed by atoms with Crippen LogP contribution in [-0.2, 0) is 13.1 Å². The Hall–Kier alpha value is -3.32. The fourth-order valence-electron chi connectivity index (χ4n) is 3.81. The molecular formula is C24H28N4O3. The van der Waals surface area contributed by atoms with Crippen molar-refractivity contribution in [3.05, 3.63) is 77.5 Å². The van der Waals surface area contributed by atoms with Gasteiger partial charge in [-0.15, -0.1) is 0 Å². The van der Waals surface area contributed by atoms with Crippen LogP contribution in [-0.4, -0.2) is 49.1 Å². The molecule has 1 aliphatic rings. The highest BCUT2D eigenvalue weighted by Crippen LogP contribution is 2.28. The van der Waals surface area contributed by atoms with E-state index < -0.39 is 0 Å². The van der Waals surface area contributed by atoms with Crippen LogP contribution in [0.25, 0.3) is 0 Å². The van der Waals surface area contributed by atoms with Crippen LogP contribution in [0.1, 0.15) is 27.5 Å². The number of amides is 1. The van der Waals surface area contributed by atoms with Crippen LogP contribution in [0.4, 0.5) is 5.69 Å². The third-order valence-corrected chi connectivity index (χ3v) is 5.48. The minimum absolute atomic E-state index is 0.225. The molecule has 4 rings (SSSR count). The molecule has 0 aliphatic carbocycles. The topological polar surface area (TPSA) is 70.8 Å². The fraction of sp³-hybridized carbons (Fsp3) is 0.333. The summed E-state index contributed by atoms with van der Waals surface area (Å²) < 4.78 is 11.0. The molecule has 0 radical (unpaired) electrons. The number of carbonyl (C=O) groups excluding carboxylic acids is 1. The molecule has 162 valence electrons. The summed E-state index contributed by atoms with van der Waals surface area (Å²) in [6.07, 6.45) is 1.44. The maximum absolute atomic E-state index is 12.4. The second-order valence-corrected chi connectivity index (χ2v) is 7.73. The van der Waals surface area contributed by atoms with E-state index in [0.29, 0.717) is 24.7 Å². The van der Waals surface area contributed by atoms with Crippen LogP contribution >= 0.6 is 0 Å². The molecule has 0 saturated carbocycles. The second-order valence-electron chi connectivity index (χ2n) is 7.73. The number of benzene rings is 2. The van der Waals surface area contributed by atoms with Gasteiger partial charge in [-0.25, -0.2) is 4.98 Å². The lowest BCUT2D eigenvalue weighted by Gasteiger charge is -2.36. The number of anilines is 1. The number of hydrogen-bond donors (Lipinski definition) is 1. The highest BCUT2D eigenvalue weighted by atomic mass is 16.5. The van der Waals surface area contributed by atoms with Gasteiger partial charge in [0, 0.05) is 32.7 Å². The van der Waals surface area contributed by atoms with Crippen LogP contribution in [0, 0.1) is 6.92 Å². The predicted molar refractivity (Wildman–Crippen MR) is 119 cm³/mol. The maximum atomic E-state index is 12.4. The van der Waals surface area contributed by atoms with Crippen LogP contribution < -0.4 is 15.0 Å². The van der Waals surface area contributed by atoms with Crippen molar-refractivity contribution in [3.63, 3.8) is 0 Å². The number of piperazine rings is 1. The molecular weight excluding hydrogens is 392 g/mol. The number of methoxy groups -OCH3 is 1. The summed E-state index contributed by atoms with van der Waals surface area (Å²) in [7, 11) is 1.70. The Morgan fingerprint density at radius 1 is 1.13 bits per heavy atom. The SMILES string of the molecule is COc1ccccc1N1CCN(Cc2nc(C(=O)NCc3cccc(C)c3)co2)CC1. The fourth-order valence-corrected chi connectivity index (χ4v) is 3.81. The number of hydrogen-bond acceptors (Lipinski definition) is 6. The summed E-state index contributed by atoms with van der Waals surface area (Å²) in [5.41, 5.74) is 3.66. The van der Waals surface area contributed by atoms with Crippen molar-refractivity contribution >= 4 is 11.6 Å². The summed E-state index contributed by atoms with van der Waals surface area (Å²) >= 11 is 0. The number of nitrogens with one attached hydrogen (secondary N) is 1. The lowest BCUT2D eigenvalue weighted by Crippen LogP contribution is -2.46. The molecule has 0 bridgehead atoms. The van der Waals surface area contributed by atoms with Gasteiger partial charge in [-0.2, -0.15) is 0 Å². The minimum Gasteiger partial charge on any atom is -0.495 e. The van der Waals surface area contributed by atoms with Crippen molar-refractivity contribution in [2.24, 2.45) is 0 Å². The molecule has 7 heteroatoms. The number of rotatable bonds is 7. The third kappa shape index (κ3) is 5.24. The molecule has 1 aromatic heterocycles. The van der Waals surface area contributed by atoms with Crippen molar-refractivity contribution in [3.8, 4) is 5.75 Å². The zero-order valence-electron chi connectivity index (χ0n) is 18.0. The van der Waals surface area contributed by atoms with Gasteiger partial charge < -0.3 is 19.4 Å². The highest BCUT2D eigenvalue weighted by molar-refractivity contribution is 5.91. The summed E-state index contributed by atoms with van der Waals surface area (Å²) in [5, 5.41) is 2.90. The largest absolute Gasteiger partial charge is 0.495 e. The van der Waals surface area contributed by atoms with E-state index in [-0.39, 0.29) is 5.91 Å². The first-order valence-corrected chi connectivity index (χ1v) is 10.5.